The smallest absolute Gasteiger partial charge is 0.171 e. The molecule has 1 saturated heterocycles. The summed E-state index contributed by atoms with van der Waals surface area (Å²) in [4.78, 5) is 2.73. The lowest BCUT2D eigenvalue weighted by Crippen LogP contribution is -2.46. The molecule has 1 aliphatic rings. The second-order valence-corrected chi connectivity index (χ2v) is 6.70. The molecule has 0 aromatic heterocycles. The average Bonchev–Trinajstić information content (AvgIpc) is 2.71. The molecule has 1 aliphatic heterocycles. The van der Waals surface area contributed by atoms with Gasteiger partial charge in [-0.15, -0.1) is 0 Å². The van der Waals surface area contributed by atoms with E-state index >= 15 is 0 Å². The third kappa shape index (κ3) is 7.50. The summed E-state index contributed by atoms with van der Waals surface area (Å²) in [5.74, 6) is 0. The minimum absolute atomic E-state index is 0.129. The lowest BCUT2D eigenvalue weighted by Gasteiger charge is -2.30. The van der Waals surface area contributed by atoms with Gasteiger partial charge in [-0.3, -0.25) is 4.72 Å². The van der Waals surface area contributed by atoms with Crippen LogP contribution in [0.15, 0.2) is 29.2 Å². The van der Waals surface area contributed by atoms with Crippen LogP contribution in [0.4, 0.5) is 5.69 Å². The fourth-order valence-corrected chi connectivity index (χ4v) is 3.39. The van der Waals surface area contributed by atoms with Gasteiger partial charge in [-0.1, -0.05) is 12.1 Å². The SMILES string of the molecule is CCN(CC)c1ccc(/C=C(\C#N)SNC2CC(O)COC2O)cc1.CO. The predicted octanol–water partition coefficient (Wildman–Crippen LogP) is 1.71. The molecule has 7 nitrogen and oxygen atoms in total. The normalized spacial score (nSPS) is 22.4. The molecule has 3 atom stereocenters. The van der Waals surface area contributed by atoms with Crippen LogP contribution >= 0.6 is 11.9 Å². The van der Waals surface area contributed by atoms with Crippen LogP contribution in [0.2, 0.25) is 0 Å². The molecule has 0 aliphatic carbocycles. The molecule has 150 valence electrons. The quantitative estimate of drug-likeness (QED) is 0.408. The van der Waals surface area contributed by atoms with Gasteiger partial charge >= 0.3 is 0 Å². The topological polar surface area (TPSA) is 109 Å². The van der Waals surface area contributed by atoms with Gasteiger partial charge in [0, 0.05) is 25.9 Å². The van der Waals surface area contributed by atoms with Crippen molar-refractivity contribution in [2.75, 3.05) is 31.7 Å². The Morgan fingerprint density at radius 1 is 1.30 bits per heavy atom. The van der Waals surface area contributed by atoms with Crippen LogP contribution in [0.25, 0.3) is 6.08 Å². The van der Waals surface area contributed by atoms with Gasteiger partial charge in [0.25, 0.3) is 0 Å². The van der Waals surface area contributed by atoms with Crippen LogP contribution in [-0.2, 0) is 4.74 Å². The van der Waals surface area contributed by atoms with E-state index in [1.54, 1.807) is 6.08 Å². The van der Waals surface area contributed by atoms with Crippen LogP contribution in [0, 0.1) is 11.3 Å². The standard InChI is InChI=1S/C18H25N3O3S.CH4O/c1-3-21(4-2)14-7-5-13(6-8-14)9-16(11-19)25-20-17-10-15(22)12-24-18(17)23;1-2/h5-9,15,17-18,20,22-23H,3-4,10,12H2,1-2H3;2H,1H3/b16-9+;. The second-order valence-electron chi connectivity index (χ2n) is 5.82. The molecule has 0 bridgehead atoms. The Kier molecular flexibility index (Phi) is 11.0. The van der Waals surface area contributed by atoms with Gasteiger partial charge in [-0.2, -0.15) is 5.26 Å². The van der Waals surface area contributed by atoms with E-state index in [1.807, 2.05) is 24.3 Å². The van der Waals surface area contributed by atoms with Crippen LogP contribution in [-0.4, -0.2) is 60.6 Å². The van der Waals surface area contributed by atoms with Gasteiger partial charge in [-0.05, 0) is 56.0 Å². The maximum absolute atomic E-state index is 9.78. The molecule has 8 heteroatoms. The fraction of sp³-hybridized carbons (Fsp3) is 0.526. The number of hydrogen-bond acceptors (Lipinski definition) is 8. The Morgan fingerprint density at radius 3 is 2.48 bits per heavy atom. The van der Waals surface area contributed by atoms with Gasteiger partial charge in [0.1, 0.15) is 11.0 Å². The van der Waals surface area contributed by atoms with Crippen molar-refractivity contribution >= 4 is 23.7 Å². The lowest BCUT2D eigenvalue weighted by atomic mass is 10.1. The van der Waals surface area contributed by atoms with Gasteiger partial charge in [0.05, 0.1) is 18.8 Å². The first-order valence-electron chi connectivity index (χ1n) is 8.89. The monoisotopic (exact) mass is 395 g/mol. The number of nitrogens with zero attached hydrogens (tertiary/aromatic N) is 2. The first-order chi connectivity index (χ1) is 13.1. The zero-order chi connectivity index (χ0) is 20.2. The highest BCUT2D eigenvalue weighted by atomic mass is 32.2. The number of hydrogen-bond donors (Lipinski definition) is 4. The molecule has 1 aromatic carbocycles. The lowest BCUT2D eigenvalue weighted by molar-refractivity contribution is -0.168. The molecular formula is C19H29N3O4S. The van der Waals surface area contributed by atoms with Crippen molar-refractivity contribution in [2.45, 2.75) is 38.7 Å². The molecular weight excluding hydrogens is 366 g/mol. The molecule has 4 N–H and O–H groups in total. The molecule has 1 fully saturated rings. The number of benzene rings is 1. The summed E-state index contributed by atoms with van der Waals surface area (Å²) in [5, 5.41) is 35.7. The van der Waals surface area contributed by atoms with Crippen LogP contribution in [0.5, 0.6) is 0 Å². The first-order valence-corrected chi connectivity index (χ1v) is 9.70. The largest absolute Gasteiger partial charge is 0.400 e. The van der Waals surface area contributed by atoms with Crippen molar-refractivity contribution < 1.29 is 20.1 Å². The number of allylic oxidation sites excluding steroid dienone is 1. The highest BCUT2D eigenvalue weighted by Crippen LogP contribution is 2.22. The summed E-state index contributed by atoms with van der Waals surface area (Å²) >= 11 is 1.14. The molecule has 0 saturated carbocycles. The van der Waals surface area contributed by atoms with Crippen LogP contribution in [0.1, 0.15) is 25.8 Å². The van der Waals surface area contributed by atoms with E-state index in [1.165, 1.54) is 0 Å². The summed E-state index contributed by atoms with van der Waals surface area (Å²) < 4.78 is 8.07. The fourth-order valence-electron chi connectivity index (χ4n) is 2.65. The number of ether oxygens (including phenoxy) is 1. The van der Waals surface area contributed by atoms with Crippen molar-refractivity contribution in [1.82, 2.24) is 4.72 Å². The van der Waals surface area contributed by atoms with Crippen LogP contribution < -0.4 is 9.62 Å². The maximum atomic E-state index is 9.78. The molecule has 2 rings (SSSR count). The van der Waals surface area contributed by atoms with Crippen molar-refractivity contribution in [3.63, 3.8) is 0 Å². The van der Waals surface area contributed by atoms with Crippen LogP contribution in [0.3, 0.4) is 0 Å². The van der Waals surface area contributed by atoms with E-state index in [-0.39, 0.29) is 6.61 Å². The minimum Gasteiger partial charge on any atom is -0.400 e. The third-order valence-electron chi connectivity index (χ3n) is 4.08. The van der Waals surface area contributed by atoms with Gasteiger partial charge in [-0.25, -0.2) is 0 Å². The molecule has 0 amide bonds. The zero-order valence-electron chi connectivity index (χ0n) is 16.0. The second kappa shape index (κ2) is 12.7. The zero-order valence-corrected chi connectivity index (χ0v) is 16.8. The molecule has 1 heterocycles. The summed E-state index contributed by atoms with van der Waals surface area (Å²) in [6.45, 7) is 6.27. The van der Waals surface area contributed by atoms with E-state index in [0.29, 0.717) is 11.3 Å². The van der Waals surface area contributed by atoms with Gasteiger partial charge in [0.15, 0.2) is 6.29 Å². The maximum Gasteiger partial charge on any atom is 0.171 e. The first kappa shape index (κ1) is 23.4. The number of rotatable bonds is 7. The number of anilines is 1. The van der Waals surface area contributed by atoms with E-state index in [0.717, 1.165) is 43.4 Å². The van der Waals surface area contributed by atoms with E-state index in [2.05, 4.69) is 29.5 Å². The molecule has 0 radical (unpaired) electrons. The Balaban J connectivity index is 0.00000176. The number of nitrogens with one attached hydrogen (secondary N) is 1. The molecule has 3 unspecified atom stereocenters. The molecule has 0 spiro atoms. The number of nitriles is 1. The summed E-state index contributed by atoms with van der Waals surface area (Å²) in [5.41, 5.74) is 2.09. The minimum atomic E-state index is -0.982. The number of aliphatic hydroxyl groups is 3. The summed E-state index contributed by atoms with van der Waals surface area (Å²) in [7, 11) is 1.00. The Morgan fingerprint density at radius 2 is 1.93 bits per heavy atom. The van der Waals surface area contributed by atoms with Crippen molar-refractivity contribution in [1.29, 1.82) is 5.26 Å². The van der Waals surface area contributed by atoms with E-state index in [4.69, 9.17) is 9.84 Å². The number of aliphatic hydroxyl groups excluding tert-OH is 3. The van der Waals surface area contributed by atoms with Crippen molar-refractivity contribution in [3.05, 3.63) is 34.7 Å². The van der Waals surface area contributed by atoms with Gasteiger partial charge < -0.3 is 25.0 Å². The van der Waals surface area contributed by atoms with E-state index < -0.39 is 18.4 Å². The Labute approximate surface area is 165 Å². The van der Waals surface area contributed by atoms with Crippen molar-refractivity contribution in [2.24, 2.45) is 0 Å². The van der Waals surface area contributed by atoms with Gasteiger partial charge in [0.2, 0.25) is 0 Å². The summed E-state index contributed by atoms with van der Waals surface area (Å²) in [6, 6.07) is 9.77. The Hall–Kier alpha value is -1.60. The molecule has 1 aromatic rings. The average molecular weight is 396 g/mol. The molecule has 27 heavy (non-hydrogen) atoms. The highest BCUT2D eigenvalue weighted by molar-refractivity contribution is 8.01. The summed E-state index contributed by atoms with van der Waals surface area (Å²) in [6.07, 6.45) is 0.578. The predicted molar refractivity (Wildman–Crippen MR) is 109 cm³/mol. The van der Waals surface area contributed by atoms with Crippen molar-refractivity contribution in [3.8, 4) is 6.07 Å². The third-order valence-corrected chi connectivity index (χ3v) is 4.93. The Bertz CT molecular complexity index is 614. The van der Waals surface area contributed by atoms with E-state index in [9.17, 15) is 15.5 Å². The highest BCUT2D eigenvalue weighted by Gasteiger charge is 2.29.